The number of piperidine rings is 1. The van der Waals surface area contributed by atoms with Gasteiger partial charge in [0.05, 0.1) is 30.2 Å². The van der Waals surface area contributed by atoms with Crippen molar-refractivity contribution in [3.05, 3.63) is 94.0 Å². The number of hydrogen-bond acceptors (Lipinski definition) is 4. The quantitative estimate of drug-likeness (QED) is 0.247. The topological polar surface area (TPSA) is 39.5 Å². The highest BCUT2D eigenvalue weighted by Crippen LogP contribution is 2.35. The van der Waals surface area contributed by atoms with Crippen LogP contribution in [0, 0.1) is 12.7 Å². The van der Waals surface area contributed by atoms with Gasteiger partial charge >= 0.3 is 0 Å². The van der Waals surface area contributed by atoms with E-state index in [1.807, 2.05) is 12.1 Å². The fraction of sp³-hybridized carbons (Fsp3) is 0.387. The summed E-state index contributed by atoms with van der Waals surface area (Å²) in [6.07, 6.45) is 3.49. The van der Waals surface area contributed by atoms with Gasteiger partial charge in [-0.15, -0.1) is 0 Å². The molecule has 0 bridgehead atoms. The Hall–Kier alpha value is -2.93. The minimum Gasteiger partial charge on any atom is -0.489 e. The van der Waals surface area contributed by atoms with Crippen molar-refractivity contribution in [1.29, 1.82) is 0 Å². The third-order valence-electron chi connectivity index (χ3n) is 7.87. The van der Waals surface area contributed by atoms with Crippen LogP contribution < -0.4 is 4.74 Å². The van der Waals surface area contributed by atoms with Crippen molar-refractivity contribution in [2.75, 3.05) is 19.7 Å². The van der Waals surface area contributed by atoms with Gasteiger partial charge in [0.25, 0.3) is 0 Å². The first-order chi connectivity index (χ1) is 18.5. The molecule has 3 heterocycles. The number of likely N-dealkylation sites (tertiary alicyclic amines) is 1. The molecule has 0 aliphatic carbocycles. The number of hydrogen-bond donors (Lipinski definition) is 0. The van der Waals surface area contributed by atoms with Gasteiger partial charge in [-0.25, -0.2) is 9.37 Å². The Morgan fingerprint density at radius 1 is 1.05 bits per heavy atom. The van der Waals surface area contributed by atoms with Gasteiger partial charge in [0, 0.05) is 17.2 Å². The lowest BCUT2D eigenvalue weighted by Crippen LogP contribution is -2.35. The molecular weight excluding hydrogens is 501 g/mol. The number of halogens is 2. The lowest BCUT2D eigenvalue weighted by molar-refractivity contribution is -0.0592. The van der Waals surface area contributed by atoms with Crippen LogP contribution in [0.2, 0.25) is 5.02 Å². The van der Waals surface area contributed by atoms with Crippen LogP contribution in [0.4, 0.5) is 4.39 Å². The Labute approximate surface area is 228 Å². The summed E-state index contributed by atoms with van der Waals surface area (Å²) in [5, 5.41) is 0.389. The number of aryl methyl sites for hydroxylation is 1. The maximum absolute atomic E-state index is 14.3. The van der Waals surface area contributed by atoms with Crippen LogP contribution in [0.25, 0.3) is 11.0 Å². The highest BCUT2D eigenvalue weighted by Gasteiger charge is 2.26. The first kappa shape index (κ1) is 25.4. The van der Waals surface area contributed by atoms with Crippen LogP contribution in [0.15, 0.2) is 60.7 Å². The zero-order valence-corrected chi connectivity index (χ0v) is 22.5. The Kier molecular flexibility index (Phi) is 7.37. The predicted molar refractivity (Wildman–Crippen MR) is 148 cm³/mol. The minimum atomic E-state index is -0.339. The molecule has 2 fully saturated rings. The SMILES string of the molecule is Cc1ccc2nc(CN3CCC(c4ccccc4OCc4ccc(Cl)cc4F)CC3)n(C[C@@H]3CCO3)c2c1. The highest BCUT2D eigenvalue weighted by molar-refractivity contribution is 6.30. The molecule has 0 amide bonds. The number of imidazole rings is 1. The van der Waals surface area contributed by atoms with E-state index >= 15 is 0 Å². The summed E-state index contributed by atoms with van der Waals surface area (Å²) in [6, 6.07) is 19.4. The number of rotatable bonds is 8. The number of nitrogens with zero attached hydrogens (tertiary/aromatic N) is 3. The summed E-state index contributed by atoms with van der Waals surface area (Å²) in [5.41, 5.74) is 5.22. The van der Waals surface area contributed by atoms with E-state index in [9.17, 15) is 4.39 Å². The number of ether oxygens (including phenoxy) is 2. The Morgan fingerprint density at radius 3 is 2.63 bits per heavy atom. The molecule has 198 valence electrons. The summed E-state index contributed by atoms with van der Waals surface area (Å²) >= 11 is 5.89. The minimum absolute atomic E-state index is 0.180. The van der Waals surface area contributed by atoms with E-state index in [0.717, 1.165) is 69.1 Å². The van der Waals surface area contributed by atoms with Gasteiger partial charge in [-0.05, 0) is 86.7 Å². The Morgan fingerprint density at radius 2 is 1.87 bits per heavy atom. The zero-order valence-electron chi connectivity index (χ0n) is 21.7. The predicted octanol–water partition coefficient (Wildman–Crippen LogP) is 6.88. The molecule has 6 rings (SSSR count). The average molecular weight is 534 g/mol. The van der Waals surface area contributed by atoms with E-state index < -0.39 is 0 Å². The summed E-state index contributed by atoms with van der Waals surface area (Å²) in [7, 11) is 0. The molecular formula is C31H33ClFN3O2. The average Bonchev–Trinajstić information content (AvgIpc) is 3.22. The summed E-state index contributed by atoms with van der Waals surface area (Å²) < 4.78 is 28.5. The fourth-order valence-electron chi connectivity index (χ4n) is 5.58. The molecule has 7 heteroatoms. The van der Waals surface area contributed by atoms with Gasteiger partial charge in [-0.1, -0.05) is 41.9 Å². The molecule has 5 nitrogen and oxygen atoms in total. The van der Waals surface area contributed by atoms with Crippen molar-refractivity contribution in [3.63, 3.8) is 0 Å². The molecule has 0 N–H and O–H groups in total. The maximum Gasteiger partial charge on any atom is 0.131 e. The third kappa shape index (κ3) is 5.44. The maximum atomic E-state index is 14.3. The second kappa shape index (κ2) is 11.0. The molecule has 0 unspecified atom stereocenters. The largest absolute Gasteiger partial charge is 0.489 e. The molecule has 0 radical (unpaired) electrons. The van der Waals surface area contributed by atoms with Gasteiger partial charge in [-0.2, -0.15) is 0 Å². The standard InChI is InChI=1S/C31H33ClFN3O2/c1-21-6-9-28-29(16-21)36(18-25-12-15-37-25)31(34-28)19-35-13-10-22(11-14-35)26-4-2-3-5-30(26)38-20-23-7-8-24(32)17-27(23)33/h2-9,16-17,22,25H,10-15,18-20H2,1H3/t25-/m0/s1. The number of fused-ring (bicyclic) bond motifs is 1. The molecule has 0 spiro atoms. The molecule has 4 aromatic rings. The van der Waals surface area contributed by atoms with E-state index in [-0.39, 0.29) is 18.5 Å². The Balaban J connectivity index is 1.12. The van der Waals surface area contributed by atoms with Crippen molar-refractivity contribution in [2.24, 2.45) is 0 Å². The molecule has 0 saturated carbocycles. The lowest BCUT2D eigenvalue weighted by Gasteiger charge is -2.33. The second-order valence-electron chi connectivity index (χ2n) is 10.5. The van der Waals surface area contributed by atoms with E-state index in [4.69, 9.17) is 26.1 Å². The van der Waals surface area contributed by atoms with E-state index in [1.54, 1.807) is 12.1 Å². The molecule has 2 aliphatic heterocycles. The number of aromatic nitrogens is 2. The normalized spacial score (nSPS) is 18.6. The molecule has 1 aromatic heterocycles. The molecule has 2 saturated heterocycles. The molecule has 38 heavy (non-hydrogen) atoms. The Bertz CT molecular complexity index is 1430. The van der Waals surface area contributed by atoms with Crippen molar-refractivity contribution in [2.45, 2.75) is 57.9 Å². The molecule has 1 atom stereocenters. The lowest BCUT2D eigenvalue weighted by atomic mass is 9.89. The van der Waals surface area contributed by atoms with Crippen molar-refractivity contribution in [3.8, 4) is 5.75 Å². The monoisotopic (exact) mass is 533 g/mol. The van der Waals surface area contributed by atoms with E-state index in [0.29, 0.717) is 16.5 Å². The summed E-state index contributed by atoms with van der Waals surface area (Å²) in [5.74, 6) is 2.02. The van der Waals surface area contributed by atoms with Crippen molar-refractivity contribution in [1.82, 2.24) is 14.5 Å². The molecule has 2 aliphatic rings. The van der Waals surface area contributed by atoms with E-state index in [2.05, 4.69) is 46.7 Å². The fourth-order valence-corrected chi connectivity index (χ4v) is 5.74. The number of para-hydroxylation sites is 1. The van der Waals surface area contributed by atoms with Gasteiger partial charge in [0.2, 0.25) is 0 Å². The first-order valence-electron chi connectivity index (χ1n) is 13.5. The summed E-state index contributed by atoms with van der Waals surface area (Å²) in [4.78, 5) is 7.53. The van der Waals surface area contributed by atoms with Crippen LogP contribution in [0.5, 0.6) is 5.75 Å². The van der Waals surface area contributed by atoms with E-state index in [1.165, 1.54) is 22.7 Å². The van der Waals surface area contributed by atoms with Crippen LogP contribution in [0.1, 0.15) is 47.7 Å². The van der Waals surface area contributed by atoms with Gasteiger partial charge in [0.1, 0.15) is 24.0 Å². The third-order valence-corrected chi connectivity index (χ3v) is 8.11. The van der Waals surface area contributed by atoms with Gasteiger partial charge in [0.15, 0.2) is 0 Å². The highest BCUT2D eigenvalue weighted by atomic mass is 35.5. The summed E-state index contributed by atoms with van der Waals surface area (Å²) in [6.45, 7) is 6.86. The van der Waals surface area contributed by atoms with Crippen molar-refractivity contribution >= 4 is 22.6 Å². The zero-order chi connectivity index (χ0) is 26.1. The molecule has 3 aromatic carbocycles. The van der Waals surface area contributed by atoms with Crippen LogP contribution >= 0.6 is 11.6 Å². The smallest absolute Gasteiger partial charge is 0.131 e. The second-order valence-corrected chi connectivity index (χ2v) is 11.0. The van der Waals surface area contributed by atoms with Crippen molar-refractivity contribution < 1.29 is 13.9 Å². The van der Waals surface area contributed by atoms with Crippen LogP contribution in [-0.4, -0.2) is 40.3 Å². The van der Waals surface area contributed by atoms with Gasteiger partial charge in [-0.3, -0.25) is 4.90 Å². The number of benzene rings is 3. The van der Waals surface area contributed by atoms with Crippen LogP contribution in [0.3, 0.4) is 0 Å². The first-order valence-corrected chi connectivity index (χ1v) is 13.9. The van der Waals surface area contributed by atoms with Crippen LogP contribution in [-0.2, 0) is 24.4 Å². The van der Waals surface area contributed by atoms with Gasteiger partial charge < -0.3 is 14.0 Å².